The van der Waals surface area contributed by atoms with Crippen LogP contribution in [0.15, 0.2) is 53.5 Å². The van der Waals surface area contributed by atoms with Crippen LogP contribution in [0.3, 0.4) is 0 Å². The zero-order chi connectivity index (χ0) is 18.5. The summed E-state index contributed by atoms with van der Waals surface area (Å²) >= 11 is 6.12. The van der Waals surface area contributed by atoms with Crippen LogP contribution in [0.2, 0.25) is 0 Å². The van der Waals surface area contributed by atoms with Crippen LogP contribution in [-0.2, 0) is 6.42 Å². The van der Waals surface area contributed by atoms with E-state index in [0.29, 0.717) is 16.8 Å². The molecule has 0 aliphatic carbocycles. The van der Waals surface area contributed by atoms with Gasteiger partial charge < -0.3 is 0 Å². The van der Waals surface area contributed by atoms with Gasteiger partial charge in [-0.25, -0.2) is 8.78 Å². The van der Waals surface area contributed by atoms with Crippen molar-refractivity contribution in [2.24, 2.45) is 4.99 Å². The lowest BCUT2D eigenvalue weighted by atomic mass is 10.0. The maximum absolute atomic E-state index is 14.5. The molecule has 0 N–H and O–H groups in total. The first-order valence-electron chi connectivity index (χ1n) is 7.88. The molecule has 0 aliphatic heterocycles. The molecule has 1 heterocycles. The number of halogens is 2. The SMILES string of the molecule is CCc1ccc(C#Cc2cc(F)c(-c3ccc(N=C=S)cc3)c(F)c2)s1. The minimum atomic E-state index is -0.652. The summed E-state index contributed by atoms with van der Waals surface area (Å²) in [6.45, 7) is 2.07. The largest absolute Gasteiger partial charge is 0.206 e. The number of isothiocyanates is 1. The minimum absolute atomic E-state index is 0.0853. The normalized spacial score (nSPS) is 9.96. The highest BCUT2D eigenvalue weighted by Gasteiger charge is 2.13. The van der Waals surface area contributed by atoms with Crippen molar-refractivity contribution in [3.8, 4) is 23.0 Å². The fraction of sp³-hybridized carbons (Fsp3) is 0.0952. The summed E-state index contributed by atoms with van der Waals surface area (Å²) in [5.41, 5.74) is 1.22. The van der Waals surface area contributed by atoms with Gasteiger partial charge in [-0.15, -0.1) is 11.3 Å². The highest BCUT2D eigenvalue weighted by Crippen LogP contribution is 2.28. The molecule has 0 spiro atoms. The van der Waals surface area contributed by atoms with Crippen molar-refractivity contribution in [1.82, 2.24) is 0 Å². The Morgan fingerprint density at radius 1 is 1.00 bits per heavy atom. The number of benzene rings is 2. The Hall–Kier alpha value is -2.64. The molecule has 0 saturated carbocycles. The molecule has 0 saturated heterocycles. The standard InChI is InChI=1S/C21H13F2NS2/c1-2-17-9-10-18(26-17)8-3-14-11-19(22)21(20(23)12-14)15-4-6-16(7-5-15)24-13-25/h4-7,9-12H,2H2,1H3. The highest BCUT2D eigenvalue weighted by atomic mass is 32.1. The summed E-state index contributed by atoms with van der Waals surface area (Å²) in [6, 6.07) is 12.9. The summed E-state index contributed by atoms with van der Waals surface area (Å²) in [5, 5.41) is 2.25. The number of aliphatic imine (C=N–C) groups is 1. The van der Waals surface area contributed by atoms with Crippen molar-refractivity contribution in [3.63, 3.8) is 0 Å². The maximum Gasteiger partial charge on any atom is 0.135 e. The molecule has 128 valence electrons. The Balaban J connectivity index is 1.92. The molecule has 0 aliphatic rings. The summed E-state index contributed by atoms with van der Waals surface area (Å²) in [5.74, 6) is 4.48. The van der Waals surface area contributed by atoms with E-state index in [-0.39, 0.29) is 5.56 Å². The number of thiocarbonyl (C=S) groups is 1. The first-order valence-corrected chi connectivity index (χ1v) is 9.11. The Labute approximate surface area is 160 Å². The molecule has 26 heavy (non-hydrogen) atoms. The van der Waals surface area contributed by atoms with E-state index in [9.17, 15) is 8.78 Å². The summed E-state index contributed by atoms with van der Waals surface area (Å²) in [4.78, 5) is 5.92. The van der Waals surface area contributed by atoms with Gasteiger partial charge in [0.2, 0.25) is 0 Å². The molecule has 3 rings (SSSR count). The average molecular weight is 381 g/mol. The Bertz CT molecular complexity index is 1030. The molecule has 0 unspecified atom stereocenters. The van der Waals surface area contributed by atoms with E-state index in [2.05, 4.69) is 41.1 Å². The van der Waals surface area contributed by atoms with Crippen molar-refractivity contribution in [2.45, 2.75) is 13.3 Å². The van der Waals surface area contributed by atoms with Crippen LogP contribution < -0.4 is 0 Å². The molecular weight excluding hydrogens is 368 g/mol. The number of rotatable bonds is 3. The average Bonchev–Trinajstić information content (AvgIpc) is 3.09. The second kappa shape index (κ2) is 8.16. The zero-order valence-corrected chi connectivity index (χ0v) is 15.5. The summed E-state index contributed by atoms with van der Waals surface area (Å²) < 4.78 is 28.9. The van der Waals surface area contributed by atoms with Gasteiger partial charge in [-0.05, 0) is 60.6 Å². The molecule has 1 nitrogen and oxygen atoms in total. The lowest BCUT2D eigenvalue weighted by Gasteiger charge is -2.06. The third-order valence-electron chi connectivity index (χ3n) is 3.71. The Kier molecular flexibility index (Phi) is 5.70. The van der Waals surface area contributed by atoms with Gasteiger partial charge in [0.15, 0.2) is 0 Å². The van der Waals surface area contributed by atoms with Crippen molar-refractivity contribution >= 4 is 34.4 Å². The van der Waals surface area contributed by atoms with Gasteiger partial charge >= 0.3 is 0 Å². The van der Waals surface area contributed by atoms with E-state index in [4.69, 9.17) is 0 Å². The number of hydrogen-bond acceptors (Lipinski definition) is 3. The van der Waals surface area contributed by atoms with E-state index in [1.807, 2.05) is 12.1 Å². The predicted octanol–water partition coefficient (Wildman–Crippen LogP) is 6.39. The molecule has 0 amide bonds. The van der Waals surface area contributed by atoms with E-state index in [1.54, 1.807) is 35.6 Å². The summed E-state index contributed by atoms with van der Waals surface area (Å²) in [6.07, 6.45) is 0.943. The molecule has 0 fully saturated rings. The van der Waals surface area contributed by atoms with Crippen LogP contribution >= 0.6 is 23.6 Å². The molecule has 0 atom stereocenters. The molecule has 1 aromatic heterocycles. The highest BCUT2D eigenvalue weighted by molar-refractivity contribution is 7.78. The van der Waals surface area contributed by atoms with Gasteiger partial charge in [0.25, 0.3) is 0 Å². The smallest absolute Gasteiger partial charge is 0.135 e. The van der Waals surface area contributed by atoms with Gasteiger partial charge in [0.1, 0.15) is 11.6 Å². The second-order valence-corrected chi connectivity index (χ2v) is 6.79. The first-order chi connectivity index (χ1) is 12.6. The van der Waals surface area contributed by atoms with Crippen molar-refractivity contribution in [3.05, 3.63) is 75.5 Å². The number of hydrogen-bond donors (Lipinski definition) is 0. The van der Waals surface area contributed by atoms with Crippen LogP contribution in [0.5, 0.6) is 0 Å². The van der Waals surface area contributed by atoms with Crippen molar-refractivity contribution in [2.75, 3.05) is 0 Å². The van der Waals surface area contributed by atoms with E-state index >= 15 is 0 Å². The van der Waals surface area contributed by atoms with E-state index in [0.717, 1.165) is 11.3 Å². The lowest BCUT2D eigenvalue weighted by molar-refractivity contribution is 0.589. The Morgan fingerprint density at radius 3 is 2.27 bits per heavy atom. The number of nitrogens with zero attached hydrogens (tertiary/aromatic N) is 1. The number of aryl methyl sites for hydroxylation is 1. The van der Waals surface area contributed by atoms with Crippen LogP contribution in [0.1, 0.15) is 22.2 Å². The van der Waals surface area contributed by atoms with Gasteiger partial charge in [-0.3, -0.25) is 0 Å². The molecule has 0 radical (unpaired) electrons. The maximum atomic E-state index is 14.5. The molecule has 2 aromatic carbocycles. The van der Waals surface area contributed by atoms with Crippen LogP contribution in [0.25, 0.3) is 11.1 Å². The number of thiophene rings is 1. The van der Waals surface area contributed by atoms with Crippen molar-refractivity contribution < 1.29 is 8.78 Å². The molecular formula is C21H13F2NS2. The van der Waals surface area contributed by atoms with E-state index in [1.165, 1.54) is 17.0 Å². The van der Waals surface area contributed by atoms with Crippen molar-refractivity contribution in [1.29, 1.82) is 0 Å². The van der Waals surface area contributed by atoms with Gasteiger partial charge in [-0.2, -0.15) is 4.99 Å². The van der Waals surface area contributed by atoms with Crippen LogP contribution in [0, 0.1) is 23.5 Å². The third kappa shape index (κ3) is 4.12. The van der Waals surface area contributed by atoms with Crippen LogP contribution in [-0.4, -0.2) is 5.16 Å². The first kappa shape index (κ1) is 18.2. The topological polar surface area (TPSA) is 12.4 Å². The van der Waals surface area contributed by atoms with E-state index < -0.39 is 11.6 Å². The third-order valence-corrected chi connectivity index (χ3v) is 4.95. The minimum Gasteiger partial charge on any atom is -0.206 e. The molecule has 3 aromatic rings. The lowest BCUT2D eigenvalue weighted by Crippen LogP contribution is -1.92. The second-order valence-electron chi connectivity index (χ2n) is 5.43. The predicted molar refractivity (Wildman–Crippen MR) is 106 cm³/mol. The van der Waals surface area contributed by atoms with Crippen LogP contribution in [0.4, 0.5) is 14.5 Å². The summed E-state index contributed by atoms with van der Waals surface area (Å²) in [7, 11) is 0. The van der Waals surface area contributed by atoms with Gasteiger partial charge in [0, 0.05) is 10.4 Å². The zero-order valence-electron chi connectivity index (χ0n) is 13.8. The Morgan fingerprint density at radius 2 is 1.69 bits per heavy atom. The van der Waals surface area contributed by atoms with Gasteiger partial charge in [-0.1, -0.05) is 30.9 Å². The fourth-order valence-corrected chi connectivity index (χ4v) is 3.35. The quantitative estimate of drug-likeness (QED) is 0.291. The van der Waals surface area contributed by atoms with Gasteiger partial charge in [0.05, 0.1) is 21.3 Å². The fourth-order valence-electron chi connectivity index (χ4n) is 2.45. The molecule has 5 heteroatoms. The molecule has 0 bridgehead atoms. The monoisotopic (exact) mass is 381 g/mol.